The zero-order valence-electron chi connectivity index (χ0n) is 9.73. The highest BCUT2D eigenvalue weighted by Gasteiger charge is 2.10. The maximum absolute atomic E-state index is 10.1. The number of aromatic nitrogens is 3. The van der Waals surface area contributed by atoms with Gasteiger partial charge in [-0.05, 0) is 12.1 Å². The molecule has 2 heterocycles. The first-order valence-electron chi connectivity index (χ1n) is 5.79. The van der Waals surface area contributed by atoms with Gasteiger partial charge in [0.05, 0.1) is 35.0 Å². The molecule has 18 heavy (non-hydrogen) atoms. The monoisotopic (exact) mass is 259 g/mol. The number of rotatable bonds is 4. The first kappa shape index (κ1) is 11.4. The van der Waals surface area contributed by atoms with Crippen molar-refractivity contribution in [2.75, 3.05) is 0 Å². The van der Waals surface area contributed by atoms with E-state index in [1.807, 2.05) is 34.2 Å². The summed E-state index contributed by atoms with van der Waals surface area (Å²) in [6.45, 7) is 0.542. The third kappa shape index (κ3) is 2.27. The summed E-state index contributed by atoms with van der Waals surface area (Å²) in [5, 5.41) is 13.0. The van der Waals surface area contributed by atoms with E-state index in [1.54, 1.807) is 23.9 Å². The van der Waals surface area contributed by atoms with Crippen LogP contribution in [-0.2, 0) is 13.0 Å². The lowest BCUT2D eigenvalue weighted by atomic mass is 10.2. The Balaban J connectivity index is 1.76. The minimum Gasteiger partial charge on any atom is -0.391 e. The van der Waals surface area contributed by atoms with Gasteiger partial charge in [0.15, 0.2) is 0 Å². The fourth-order valence-electron chi connectivity index (χ4n) is 2.00. The fourth-order valence-corrected chi connectivity index (χ4v) is 2.69. The number of imidazole rings is 1. The first-order chi connectivity index (χ1) is 8.83. The molecule has 0 saturated heterocycles. The summed E-state index contributed by atoms with van der Waals surface area (Å²) in [4.78, 5) is 8.49. The molecule has 92 valence electrons. The van der Waals surface area contributed by atoms with Crippen LogP contribution in [-0.4, -0.2) is 25.7 Å². The lowest BCUT2D eigenvalue weighted by molar-refractivity contribution is 0.155. The van der Waals surface area contributed by atoms with Gasteiger partial charge >= 0.3 is 0 Å². The number of thiazole rings is 1. The maximum atomic E-state index is 10.1. The summed E-state index contributed by atoms with van der Waals surface area (Å²) >= 11 is 1.57. The fraction of sp³-hybridized carbons (Fsp3) is 0.231. The van der Waals surface area contributed by atoms with E-state index in [-0.39, 0.29) is 0 Å². The van der Waals surface area contributed by atoms with Gasteiger partial charge in [-0.3, -0.25) is 0 Å². The summed E-state index contributed by atoms with van der Waals surface area (Å²) in [6, 6.07) is 7.93. The Labute approximate surface area is 109 Å². The highest BCUT2D eigenvalue weighted by atomic mass is 32.1. The van der Waals surface area contributed by atoms with Crippen molar-refractivity contribution < 1.29 is 5.11 Å². The van der Waals surface area contributed by atoms with Crippen molar-refractivity contribution in [2.24, 2.45) is 0 Å². The van der Waals surface area contributed by atoms with Crippen molar-refractivity contribution in [1.29, 1.82) is 0 Å². The van der Waals surface area contributed by atoms with E-state index in [9.17, 15) is 5.11 Å². The molecule has 3 aromatic rings. The van der Waals surface area contributed by atoms with Gasteiger partial charge in [0.2, 0.25) is 0 Å². The van der Waals surface area contributed by atoms with Gasteiger partial charge < -0.3 is 9.67 Å². The van der Waals surface area contributed by atoms with Crippen LogP contribution in [0.2, 0.25) is 0 Å². The van der Waals surface area contributed by atoms with Crippen molar-refractivity contribution in [3.05, 3.63) is 47.2 Å². The number of fused-ring (bicyclic) bond motifs is 1. The van der Waals surface area contributed by atoms with E-state index >= 15 is 0 Å². The standard InChI is InChI=1S/C13H13N3OS/c17-10(7-13-14-5-6-18-13)8-16-9-15-11-3-1-2-4-12(11)16/h1-6,9-10,17H,7-8H2. The van der Waals surface area contributed by atoms with Crippen molar-refractivity contribution in [3.8, 4) is 0 Å². The normalized spacial score (nSPS) is 12.9. The quantitative estimate of drug-likeness (QED) is 0.780. The zero-order chi connectivity index (χ0) is 12.4. The largest absolute Gasteiger partial charge is 0.391 e. The minimum atomic E-state index is -0.436. The number of aliphatic hydroxyl groups excluding tert-OH is 1. The molecule has 0 fully saturated rings. The Hall–Kier alpha value is -1.72. The minimum absolute atomic E-state index is 0.436. The van der Waals surface area contributed by atoms with Crippen LogP contribution < -0.4 is 0 Å². The molecule has 1 N–H and O–H groups in total. The van der Waals surface area contributed by atoms with Crippen molar-refractivity contribution in [1.82, 2.24) is 14.5 Å². The first-order valence-corrected chi connectivity index (χ1v) is 6.67. The van der Waals surface area contributed by atoms with Gasteiger partial charge in [0.1, 0.15) is 0 Å². The number of para-hydroxylation sites is 2. The van der Waals surface area contributed by atoms with Crippen LogP contribution in [0.4, 0.5) is 0 Å². The lowest BCUT2D eigenvalue weighted by Crippen LogP contribution is -2.18. The highest BCUT2D eigenvalue weighted by Crippen LogP contribution is 2.14. The summed E-state index contributed by atoms with van der Waals surface area (Å²) in [5.74, 6) is 0. The van der Waals surface area contributed by atoms with Crippen LogP contribution >= 0.6 is 11.3 Å². The van der Waals surface area contributed by atoms with Gasteiger partial charge in [-0.1, -0.05) is 12.1 Å². The summed E-state index contributed by atoms with van der Waals surface area (Å²) in [7, 11) is 0. The Morgan fingerprint density at radius 2 is 2.17 bits per heavy atom. The predicted octanol–water partition coefficient (Wildman–Crippen LogP) is 2.10. The van der Waals surface area contributed by atoms with E-state index in [0.717, 1.165) is 16.0 Å². The zero-order valence-corrected chi connectivity index (χ0v) is 10.5. The van der Waals surface area contributed by atoms with Crippen molar-refractivity contribution in [3.63, 3.8) is 0 Å². The van der Waals surface area contributed by atoms with Crippen molar-refractivity contribution >= 4 is 22.4 Å². The molecule has 0 spiro atoms. The molecule has 1 unspecified atom stereocenters. The topological polar surface area (TPSA) is 50.9 Å². The second kappa shape index (κ2) is 4.88. The summed E-state index contributed by atoms with van der Waals surface area (Å²) in [5.41, 5.74) is 2.01. The Morgan fingerprint density at radius 1 is 1.28 bits per heavy atom. The molecule has 1 aromatic carbocycles. The second-order valence-electron chi connectivity index (χ2n) is 4.17. The molecule has 0 aliphatic rings. The molecular weight excluding hydrogens is 246 g/mol. The van der Waals surface area contributed by atoms with Crippen LogP contribution in [0.25, 0.3) is 11.0 Å². The van der Waals surface area contributed by atoms with Crippen LogP contribution in [0.3, 0.4) is 0 Å². The second-order valence-corrected chi connectivity index (χ2v) is 5.15. The number of benzene rings is 1. The molecule has 0 aliphatic heterocycles. The number of nitrogens with zero attached hydrogens (tertiary/aromatic N) is 3. The smallest absolute Gasteiger partial charge is 0.0959 e. The molecule has 1 atom stereocenters. The van der Waals surface area contributed by atoms with Crippen LogP contribution in [0, 0.1) is 0 Å². The molecule has 0 amide bonds. The number of aliphatic hydroxyl groups is 1. The number of hydrogen-bond donors (Lipinski definition) is 1. The molecule has 0 aliphatic carbocycles. The number of hydrogen-bond acceptors (Lipinski definition) is 4. The van der Waals surface area contributed by atoms with Crippen LogP contribution in [0.1, 0.15) is 5.01 Å². The van der Waals surface area contributed by atoms with Gasteiger partial charge in [0, 0.05) is 18.0 Å². The maximum Gasteiger partial charge on any atom is 0.0959 e. The van der Waals surface area contributed by atoms with E-state index in [0.29, 0.717) is 13.0 Å². The SMILES string of the molecule is OC(Cc1nccs1)Cn1cnc2ccccc21. The Bertz CT molecular complexity index is 633. The molecule has 3 rings (SSSR count). The molecule has 0 radical (unpaired) electrons. The van der Waals surface area contributed by atoms with E-state index in [2.05, 4.69) is 9.97 Å². The summed E-state index contributed by atoms with van der Waals surface area (Å²) in [6.07, 6.45) is 3.69. The van der Waals surface area contributed by atoms with Crippen LogP contribution in [0.15, 0.2) is 42.2 Å². The van der Waals surface area contributed by atoms with Gasteiger partial charge in [0.25, 0.3) is 0 Å². The summed E-state index contributed by atoms with van der Waals surface area (Å²) < 4.78 is 1.98. The van der Waals surface area contributed by atoms with E-state index < -0.39 is 6.10 Å². The Morgan fingerprint density at radius 3 is 3.00 bits per heavy atom. The van der Waals surface area contributed by atoms with E-state index in [4.69, 9.17) is 0 Å². The molecule has 0 saturated carbocycles. The Kier molecular flexibility index (Phi) is 3.08. The lowest BCUT2D eigenvalue weighted by Gasteiger charge is -2.10. The highest BCUT2D eigenvalue weighted by molar-refractivity contribution is 7.09. The van der Waals surface area contributed by atoms with Crippen LogP contribution in [0.5, 0.6) is 0 Å². The molecule has 0 bridgehead atoms. The van der Waals surface area contributed by atoms with E-state index in [1.165, 1.54) is 0 Å². The van der Waals surface area contributed by atoms with Gasteiger partial charge in [-0.25, -0.2) is 9.97 Å². The average Bonchev–Trinajstić information content (AvgIpc) is 3.00. The molecule has 4 nitrogen and oxygen atoms in total. The third-order valence-corrected chi connectivity index (χ3v) is 3.63. The predicted molar refractivity (Wildman–Crippen MR) is 71.6 cm³/mol. The van der Waals surface area contributed by atoms with Crippen molar-refractivity contribution in [2.45, 2.75) is 19.1 Å². The average molecular weight is 259 g/mol. The van der Waals surface area contributed by atoms with Gasteiger partial charge in [-0.2, -0.15) is 0 Å². The molecule has 5 heteroatoms. The molecule has 2 aromatic heterocycles. The third-order valence-electron chi connectivity index (χ3n) is 2.83. The van der Waals surface area contributed by atoms with Gasteiger partial charge in [-0.15, -0.1) is 11.3 Å². The molecular formula is C13H13N3OS.